The van der Waals surface area contributed by atoms with E-state index < -0.39 is 8.07 Å². The lowest BCUT2D eigenvalue weighted by atomic mass is 10.1. The summed E-state index contributed by atoms with van der Waals surface area (Å²) in [5, 5.41) is 9.65. The number of nitrogens with zero attached hydrogens (tertiary/aromatic N) is 4. The van der Waals surface area contributed by atoms with Crippen molar-refractivity contribution in [3.05, 3.63) is 206 Å². The second kappa shape index (κ2) is 13.4. The van der Waals surface area contributed by atoms with E-state index in [4.69, 9.17) is 19.4 Å². The van der Waals surface area contributed by atoms with Crippen LogP contribution in [0.1, 0.15) is 0 Å². The van der Waals surface area contributed by atoms with Crippen molar-refractivity contribution in [2.24, 2.45) is 0 Å². The van der Waals surface area contributed by atoms with Crippen molar-refractivity contribution in [1.82, 2.24) is 19.5 Å². The van der Waals surface area contributed by atoms with Crippen LogP contribution in [0.4, 0.5) is 0 Å². The Balaban J connectivity index is 1.20. The molecule has 0 unspecified atom stereocenters. The first-order valence-electron chi connectivity index (χ1n) is 19.2. The lowest BCUT2D eigenvalue weighted by molar-refractivity contribution is 0.669. The summed E-state index contributed by atoms with van der Waals surface area (Å²) in [6, 6.07) is 73.2. The van der Waals surface area contributed by atoms with Gasteiger partial charge in [0.1, 0.15) is 11.2 Å². The van der Waals surface area contributed by atoms with Crippen LogP contribution in [0.15, 0.2) is 211 Å². The topological polar surface area (TPSA) is 56.7 Å². The molecule has 0 amide bonds. The van der Waals surface area contributed by atoms with Crippen molar-refractivity contribution >= 4 is 72.6 Å². The monoisotopic (exact) mass is 746 g/mol. The van der Waals surface area contributed by atoms with Gasteiger partial charge in [-0.25, -0.2) is 4.98 Å². The molecule has 0 saturated heterocycles. The molecule has 0 radical (unpaired) electrons. The fraction of sp³-hybridized carbons (Fsp3) is 0. The maximum absolute atomic E-state index is 6.56. The van der Waals surface area contributed by atoms with Gasteiger partial charge in [0.25, 0.3) is 0 Å². The van der Waals surface area contributed by atoms with Gasteiger partial charge in [0.05, 0.1) is 11.0 Å². The Morgan fingerprint density at radius 1 is 0.351 bits per heavy atom. The molecule has 268 valence electrons. The Kier molecular flexibility index (Phi) is 7.76. The number of hydrogen-bond acceptors (Lipinski definition) is 4. The standard InChI is InChI=1S/C51H34N4OSi/c1-5-17-35(18-6-1)49-52-50(36-19-7-2-8-20-36)54-51(53-49)55-45-27-15-13-25-41(45)44-33-39(30-32-46(44)55)57(37-21-9-3-10-22-37,38-23-11-4-12-24-38)40-29-31-43-42-26-14-16-28-47(42)56-48(43)34-40/h1-34H. The molecule has 3 heterocycles. The van der Waals surface area contributed by atoms with Crippen molar-refractivity contribution in [2.45, 2.75) is 0 Å². The molecular weight excluding hydrogens is 713 g/mol. The molecule has 0 aliphatic rings. The molecule has 57 heavy (non-hydrogen) atoms. The quantitative estimate of drug-likeness (QED) is 0.121. The van der Waals surface area contributed by atoms with Crippen LogP contribution in [0.5, 0.6) is 0 Å². The van der Waals surface area contributed by atoms with E-state index in [-0.39, 0.29) is 0 Å². The minimum absolute atomic E-state index is 0.576. The lowest BCUT2D eigenvalue weighted by Gasteiger charge is -2.34. The van der Waals surface area contributed by atoms with E-state index in [0.717, 1.165) is 54.9 Å². The average molecular weight is 747 g/mol. The molecular formula is C51H34N4OSi. The third kappa shape index (κ3) is 5.34. The van der Waals surface area contributed by atoms with Crippen LogP contribution in [0.3, 0.4) is 0 Å². The maximum Gasteiger partial charge on any atom is 0.238 e. The van der Waals surface area contributed by atoms with E-state index >= 15 is 0 Å². The molecule has 11 aromatic rings. The van der Waals surface area contributed by atoms with Crippen LogP contribution in [-0.2, 0) is 0 Å². The van der Waals surface area contributed by atoms with Gasteiger partial charge in [-0.05, 0) is 45.0 Å². The van der Waals surface area contributed by atoms with Gasteiger partial charge in [0.2, 0.25) is 5.95 Å². The van der Waals surface area contributed by atoms with Gasteiger partial charge in [0.15, 0.2) is 19.7 Å². The van der Waals surface area contributed by atoms with Crippen LogP contribution < -0.4 is 20.7 Å². The zero-order valence-corrected chi connectivity index (χ0v) is 31.8. The molecule has 11 rings (SSSR count). The summed E-state index contributed by atoms with van der Waals surface area (Å²) >= 11 is 0. The molecule has 0 fully saturated rings. The van der Waals surface area contributed by atoms with Gasteiger partial charge >= 0.3 is 0 Å². The Morgan fingerprint density at radius 3 is 1.49 bits per heavy atom. The van der Waals surface area contributed by atoms with Gasteiger partial charge in [-0.1, -0.05) is 182 Å². The molecule has 0 aliphatic heterocycles. The van der Waals surface area contributed by atoms with Gasteiger partial charge in [-0.3, -0.25) is 4.57 Å². The minimum Gasteiger partial charge on any atom is -0.456 e. The first-order valence-corrected chi connectivity index (χ1v) is 21.2. The molecule has 8 aromatic carbocycles. The van der Waals surface area contributed by atoms with E-state index in [0.29, 0.717) is 17.6 Å². The number of aromatic nitrogens is 4. The number of rotatable bonds is 7. The molecule has 0 atom stereocenters. The number of hydrogen-bond donors (Lipinski definition) is 0. The fourth-order valence-corrected chi connectivity index (χ4v) is 13.4. The number of fused-ring (bicyclic) bond motifs is 6. The second-order valence-electron chi connectivity index (χ2n) is 14.4. The molecule has 0 spiro atoms. The highest BCUT2D eigenvalue weighted by atomic mass is 28.3. The molecule has 0 N–H and O–H groups in total. The molecule has 0 bridgehead atoms. The first kappa shape index (κ1) is 33.0. The zero-order chi connectivity index (χ0) is 37.8. The van der Waals surface area contributed by atoms with Crippen molar-refractivity contribution in [3.63, 3.8) is 0 Å². The number of para-hydroxylation sites is 2. The SMILES string of the molecule is c1ccc(-c2nc(-c3ccccc3)nc(-n3c4ccccc4c4cc([Si](c5ccccc5)(c5ccccc5)c5ccc6c(c5)oc5ccccc56)ccc43)n2)cc1. The van der Waals surface area contributed by atoms with Crippen LogP contribution in [0.2, 0.25) is 0 Å². The highest BCUT2D eigenvalue weighted by Crippen LogP contribution is 2.33. The average Bonchev–Trinajstić information content (AvgIpc) is 3.83. The smallest absolute Gasteiger partial charge is 0.238 e. The Morgan fingerprint density at radius 2 is 0.842 bits per heavy atom. The highest BCUT2D eigenvalue weighted by molar-refractivity contribution is 7.20. The van der Waals surface area contributed by atoms with Gasteiger partial charge < -0.3 is 4.42 Å². The van der Waals surface area contributed by atoms with Crippen LogP contribution in [-0.4, -0.2) is 27.6 Å². The van der Waals surface area contributed by atoms with Gasteiger partial charge in [-0.2, -0.15) is 9.97 Å². The van der Waals surface area contributed by atoms with Crippen molar-refractivity contribution in [2.75, 3.05) is 0 Å². The first-order chi connectivity index (χ1) is 28.3. The fourth-order valence-electron chi connectivity index (χ4n) is 8.65. The van der Waals surface area contributed by atoms with E-state index in [1.54, 1.807) is 0 Å². The number of furan rings is 1. The summed E-state index contributed by atoms with van der Waals surface area (Å²) in [6.45, 7) is 0. The summed E-state index contributed by atoms with van der Waals surface area (Å²) in [4.78, 5) is 15.3. The van der Waals surface area contributed by atoms with Crippen molar-refractivity contribution < 1.29 is 4.42 Å². The molecule has 0 saturated carbocycles. The normalized spacial score (nSPS) is 11.9. The van der Waals surface area contributed by atoms with Crippen LogP contribution >= 0.6 is 0 Å². The Hall–Kier alpha value is -7.41. The van der Waals surface area contributed by atoms with E-state index in [9.17, 15) is 0 Å². The van der Waals surface area contributed by atoms with E-state index in [1.807, 2.05) is 66.7 Å². The van der Waals surface area contributed by atoms with Gasteiger partial charge in [-0.15, -0.1) is 0 Å². The summed E-state index contributed by atoms with van der Waals surface area (Å²) in [5.41, 5.74) is 5.72. The zero-order valence-electron chi connectivity index (χ0n) is 30.8. The molecule has 0 aliphatic carbocycles. The van der Waals surface area contributed by atoms with Crippen LogP contribution in [0.25, 0.3) is 72.5 Å². The van der Waals surface area contributed by atoms with Crippen LogP contribution in [0, 0.1) is 0 Å². The summed E-state index contributed by atoms with van der Waals surface area (Å²) in [6.07, 6.45) is 0. The predicted molar refractivity (Wildman–Crippen MR) is 236 cm³/mol. The molecule has 6 heteroatoms. The maximum atomic E-state index is 6.56. The largest absolute Gasteiger partial charge is 0.456 e. The molecule has 3 aromatic heterocycles. The highest BCUT2D eigenvalue weighted by Gasteiger charge is 2.42. The Labute approximate surface area is 330 Å². The Bertz CT molecular complexity index is 3140. The van der Waals surface area contributed by atoms with E-state index in [2.05, 4.69) is 144 Å². The summed E-state index contributed by atoms with van der Waals surface area (Å²) in [5.74, 6) is 1.83. The third-order valence-corrected chi connectivity index (χ3v) is 16.0. The van der Waals surface area contributed by atoms with E-state index in [1.165, 1.54) is 20.7 Å². The lowest BCUT2D eigenvalue weighted by Crippen LogP contribution is -2.74. The summed E-state index contributed by atoms with van der Waals surface area (Å²) < 4.78 is 8.76. The summed E-state index contributed by atoms with van der Waals surface area (Å²) in [7, 11) is -2.96. The minimum atomic E-state index is -2.96. The van der Waals surface area contributed by atoms with Gasteiger partial charge in [0, 0.05) is 32.7 Å². The second-order valence-corrected chi connectivity index (χ2v) is 18.2. The third-order valence-electron chi connectivity index (χ3n) is 11.2. The van der Waals surface area contributed by atoms with Crippen molar-refractivity contribution in [1.29, 1.82) is 0 Å². The molecule has 5 nitrogen and oxygen atoms in total. The predicted octanol–water partition coefficient (Wildman–Crippen LogP) is 9.58. The van der Waals surface area contributed by atoms with Crippen molar-refractivity contribution in [3.8, 4) is 28.7 Å². The number of benzene rings is 8.